The molecule has 0 aliphatic heterocycles. The van der Waals surface area contributed by atoms with Crippen molar-refractivity contribution in [2.45, 2.75) is 20.0 Å². The van der Waals surface area contributed by atoms with Gasteiger partial charge < -0.3 is 9.57 Å². The molecule has 0 saturated carbocycles. The van der Waals surface area contributed by atoms with Gasteiger partial charge in [-0.3, -0.25) is 4.79 Å². The zero-order valence-electron chi connectivity index (χ0n) is 13.1. The Labute approximate surface area is 144 Å². The summed E-state index contributed by atoms with van der Waals surface area (Å²) in [5, 5.41) is 0.110. The van der Waals surface area contributed by atoms with Crippen molar-refractivity contribution in [2.24, 2.45) is 0 Å². The lowest BCUT2D eigenvalue weighted by atomic mass is 10.0. The van der Waals surface area contributed by atoms with Crippen LogP contribution < -0.4 is 15.1 Å². The predicted molar refractivity (Wildman–Crippen MR) is 90.2 cm³/mol. The molecule has 2 aromatic rings. The maximum Gasteiger partial charge on any atom is 0.249 e. The number of rotatable bonds is 5. The fraction of sp³-hybridized carbons (Fsp3) is 0.167. The summed E-state index contributed by atoms with van der Waals surface area (Å²) in [6, 6.07) is 9.26. The van der Waals surface area contributed by atoms with Crippen LogP contribution in [0.2, 0.25) is 5.02 Å². The molecule has 0 bridgehead atoms. The van der Waals surface area contributed by atoms with E-state index >= 15 is 0 Å². The fourth-order valence-electron chi connectivity index (χ4n) is 1.96. The molecule has 4 nitrogen and oxygen atoms in total. The van der Waals surface area contributed by atoms with Crippen LogP contribution in [-0.2, 0) is 4.79 Å². The lowest BCUT2D eigenvalue weighted by Gasteiger charge is -2.15. The molecule has 0 aliphatic rings. The number of para-hydroxylation sites is 1. The van der Waals surface area contributed by atoms with Gasteiger partial charge in [0.15, 0.2) is 11.9 Å². The second-order valence-corrected chi connectivity index (χ2v) is 5.35. The number of hydrogen-bond acceptors (Lipinski definition) is 3. The van der Waals surface area contributed by atoms with Crippen molar-refractivity contribution in [1.29, 1.82) is 0 Å². The van der Waals surface area contributed by atoms with Crippen molar-refractivity contribution in [3.05, 3.63) is 47.2 Å². The van der Waals surface area contributed by atoms with E-state index in [9.17, 15) is 9.18 Å². The first-order valence-electron chi connectivity index (χ1n) is 7.07. The number of hydrogen-bond donors (Lipinski definition) is 1. The first-order valence-corrected chi connectivity index (χ1v) is 7.44. The number of benzene rings is 2. The van der Waals surface area contributed by atoms with Gasteiger partial charge in [-0.15, -0.1) is 6.42 Å². The molecule has 0 aromatic heterocycles. The van der Waals surface area contributed by atoms with Crippen molar-refractivity contribution < 1.29 is 18.8 Å². The van der Waals surface area contributed by atoms with Crippen LogP contribution in [-0.4, -0.2) is 12.0 Å². The summed E-state index contributed by atoms with van der Waals surface area (Å²) in [5.41, 5.74) is 2.85. The molecule has 0 heterocycles. The van der Waals surface area contributed by atoms with Gasteiger partial charge in [-0.25, -0.2) is 4.39 Å². The van der Waals surface area contributed by atoms with Gasteiger partial charge in [0, 0.05) is 18.1 Å². The summed E-state index contributed by atoms with van der Waals surface area (Å²) in [4.78, 5) is 16.2. The summed E-state index contributed by atoms with van der Waals surface area (Å²) in [6.07, 6.45) is 4.77. The second kappa shape index (κ2) is 7.71. The molecule has 0 spiro atoms. The quantitative estimate of drug-likeness (QED) is 0.657. The second-order valence-electron chi connectivity index (χ2n) is 4.95. The van der Waals surface area contributed by atoms with Crippen molar-refractivity contribution in [1.82, 2.24) is 5.48 Å². The molecule has 1 atom stereocenters. The van der Waals surface area contributed by atoms with Crippen LogP contribution in [0.1, 0.15) is 13.8 Å². The van der Waals surface area contributed by atoms with Crippen LogP contribution in [0.3, 0.4) is 0 Å². The highest BCUT2D eigenvalue weighted by Gasteiger charge is 2.16. The minimum Gasteiger partial charge on any atom is -0.476 e. The van der Waals surface area contributed by atoms with Crippen LogP contribution in [0.15, 0.2) is 36.4 Å². The average Bonchev–Trinajstić information content (AvgIpc) is 2.55. The van der Waals surface area contributed by atoms with Gasteiger partial charge in [0.1, 0.15) is 11.6 Å². The SMILES string of the molecule is C#CC(C)Oc1cc(-c2ccccc2ONC(C)=O)c(F)cc1Cl. The van der Waals surface area contributed by atoms with Gasteiger partial charge in [0.25, 0.3) is 0 Å². The zero-order valence-corrected chi connectivity index (χ0v) is 13.9. The number of carbonyl (C=O) groups is 1. The Kier molecular flexibility index (Phi) is 5.67. The number of nitrogens with one attached hydrogen (secondary N) is 1. The third-order valence-electron chi connectivity index (χ3n) is 3.04. The van der Waals surface area contributed by atoms with Gasteiger partial charge >= 0.3 is 0 Å². The summed E-state index contributed by atoms with van der Waals surface area (Å²) in [7, 11) is 0. The molecule has 24 heavy (non-hydrogen) atoms. The van der Waals surface area contributed by atoms with E-state index in [1.807, 2.05) is 0 Å². The molecule has 0 aliphatic carbocycles. The summed E-state index contributed by atoms with van der Waals surface area (Å²) < 4.78 is 19.9. The smallest absolute Gasteiger partial charge is 0.249 e. The van der Waals surface area contributed by atoms with E-state index in [0.29, 0.717) is 5.56 Å². The number of halogens is 2. The first kappa shape index (κ1) is 17.6. The van der Waals surface area contributed by atoms with E-state index in [1.54, 1.807) is 31.2 Å². The molecule has 1 unspecified atom stereocenters. The average molecular weight is 348 g/mol. The van der Waals surface area contributed by atoms with Gasteiger partial charge in [-0.1, -0.05) is 35.7 Å². The van der Waals surface area contributed by atoms with Crippen molar-refractivity contribution in [2.75, 3.05) is 0 Å². The Hall–Kier alpha value is -2.71. The van der Waals surface area contributed by atoms with E-state index in [4.69, 9.17) is 27.6 Å². The largest absolute Gasteiger partial charge is 0.476 e. The number of hydroxylamine groups is 1. The molecular formula is C18H15ClFNO3. The Morgan fingerprint density at radius 3 is 2.67 bits per heavy atom. The molecule has 2 aromatic carbocycles. The van der Waals surface area contributed by atoms with E-state index in [-0.39, 0.29) is 28.0 Å². The minimum absolute atomic E-state index is 0.110. The van der Waals surface area contributed by atoms with Crippen molar-refractivity contribution in [3.63, 3.8) is 0 Å². The molecule has 124 valence electrons. The van der Waals surface area contributed by atoms with E-state index in [1.165, 1.54) is 13.0 Å². The highest BCUT2D eigenvalue weighted by molar-refractivity contribution is 6.32. The standard InChI is InChI=1S/C18H15ClFNO3/c1-4-11(2)23-18-9-14(16(20)10-15(18)19)13-7-5-6-8-17(13)24-21-12(3)22/h1,5-11H,2-3H3,(H,21,22). The Morgan fingerprint density at radius 2 is 2.00 bits per heavy atom. The number of ether oxygens (including phenoxy) is 1. The van der Waals surface area contributed by atoms with Gasteiger partial charge in [0.05, 0.1) is 5.02 Å². The lowest BCUT2D eigenvalue weighted by molar-refractivity contribution is -0.125. The highest BCUT2D eigenvalue weighted by Crippen LogP contribution is 2.37. The zero-order chi connectivity index (χ0) is 17.7. The highest BCUT2D eigenvalue weighted by atomic mass is 35.5. The number of carbonyl (C=O) groups excluding carboxylic acids is 1. The normalized spacial score (nSPS) is 11.3. The van der Waals surface area contributed by atoms with Crippen LogP contribution in [0, 0.1) is 18.2 Å². The summed E-state index contributed by atoms with van der Waals surface area (Å²) in [5.74, 6) is 2.01. The molecule has 1 amide bonds. The first-order chi connectivity index (χ1) is 11.4. The minimum atomic E-state index is -0.556. The van der Waals surface area contributed by atoms with Crippen molar-refractivity contribution >= 4 is 17.5 Å². The van der Waals surface area contributed by atoms with Crippen LogP contribution in [0.5, 0.6) is 11.5 Å². The van der Waals surface area contributed by atoms with E-state index < -0.39 is 11.9 Å². The number of terminal acetylenes is 1. The molecule has 6 heteroatoms. The third kappa shape index (κ3) is 4.18. The molecule has 0 fully saturated rings. The molecule has 2 rings (SSSR count). The predicted octanol–water partition coefficient (Wildman–Crippen LogP) is 3.98. The van der Waals surface area contributed by atoms with Crippen LogP contribution >= 0.6 is 11.6 Å². The fourth-order valence-corrected chi connectivity index (χ4v) is 2.15. The van der Waals surface area contributed by atoms with Crippen molar-refractivity contribution in [3.8, 4) is 35.0 Å². The monoisotopic (exact) mass is 347 g/mol. The summed E-state index contributed by atoms with van der Waals surface area (Å²) >= 11 is 6.01. The van der Waals surface area contributed by atoms with Gasteiger partial charge in [-0.2, -0.15) is 5.48 Å². The molecule has 0 saturated heterocycles. The van der Waals surface area contributed by atoms with E-state index in [2.05, 4.69) is 11.4 Å². The van der Waals surface area contributed by atoms with Gasteiger partial charge in [-0.05, 0) is 25.1 Å². The number of amides is 1. The Bertz CT molecular complexity index is 801. The van der Waals surface area contributed by atoms with Crippen LogP contribution in [0.25, 0.3) is 11.1 Å². The molecule has 1 N–H and O–H groups in total. The van der Waals surface area contributed by atoms with Crippen LogP contribution in [0.4, 0.5) is 4.39 Å². The topological polar surface area (TPSA) is 47.6 Å². The summed E-state index contributed by atoms with van der Waals surface area (Å²) in [6.45, 7) is 2.98. The molecular weight excluding hydrogens is 333 g/mol. The Morgan fingerprint density at radius 1 is 1.29 bits per heavy atom. The lowest BCUT2D eigenvalue weighted by Crippen LogP contribution is -2.24. The Balaban J connectivity index is 2.47. The maximum absolute atomic E-state index is 14.4. The van der Waals surface area contributed by atoms with Gasteiger partial charge in [0.2, 0.25) is 5.91 Å². The third-order valence-corrected chi connectivity index (χ3v) is 3.34. The van der Waals surface area contributed by atoms with E-state index in [0.717, 1.165) is 6.07 Å². The maximum atomic E-state index is 14.4. The molecule has 0 radical (unpaired) electrons.